The Bertz CT molecular complexity index is 757. The predicted molar refractivity (Wildman–Crippen MR) is 70.0 cm³/mol. The molecule has 7 heteroatoms. The molecule has 0 saturated carbocycles. The van der Waals surface area contributed by atoms with Gasteiger partial charge in [-0.05, 0) is 12.5 Å². The molecule has 1 aliphatic heterocycles. The monoisotopic (exact) mass is 271 g/mol. The Balaban J connectivity index is 1.71. The molecular weight excluding hydrogens is 258 g/mol. The van der Waals surface area contributed by atoms with Gasteiger partial charge in [-0.25, -0.2) is 9.97 Å². The average Bonchev–Trinajstić information content (AvgIpc) is 3.18. The third kappa shape index (κ3) is 1.78. The maximum atomic E-state index is 5.34. The van der Waals surface area contributed by atoms with Crippen LogP contribution in [0.5, 0.6) is 0 Å². The number of aryl methyl sites for hydroxylation is 1. The highest BCUT2D eigenvalue weighted by molar-refractivity contribution is 5.75. The van der Waals surface area contributed by atoms with Crippen LogP contribution in [0.1, 0.15) is 18.2 Å². The van der Waals surface area contributed by atoms with Gasteiger partial charge in [-0.3, -0.25) is 0 Å². The van der Waals surface area contributed by atoms with E-state index in [1.807, 2.05) is 17.7 Å². The molecule has 1 fully saturated rings. The molecule has 4 rings (SSSR count). The normalized spacial score (nSPS) is 18.9. The number of nitrogens with zero attached hydrogens (tertiary/aromatic N) is 5. The summed E-state index contributed by atoms with van der Waals surface area (Å²) in [6, 6.07) is 1.91. The zero-order chi connectivity index (χ0) is 13.5. The van der Waals surface area contributed by atoms with Crippen molar-refractivity contribution in [2.45, 2.75) is 12.3 Å². The molecule has 102 valence electrons. The van der Waals surface area contributed by atoms with Gasteiger partial charge in [-0.2, -0.15) is 4.98 Å². The Morgan fingerprint density at radius 1 is 1.35 bits per heavy atom. The van der Waals surface area contributed by atoms with Crippen molar-refractivity contribution in [2.75, 3.05) is 13.2 Å². The second-order valence-corrected chi connectivity index (χ2v) is 4.94. The molecule has 0 aromatic carbocycles. The minimum atomic E-state index is 0.235. The summed E-state index contributed by atoms with van der Waals surface area (Å²) in [5.41, 5.74) is 2.43. The van der Waals surface area contributed by atoms with Gasteiger partial charge < -0.3 is 13.8 Å². The smallest absolute Gasteiger partial charge is 0.259 e. The molecule has 3 aromatic heterocycles. The van der Waals surface area contributed by atoms with E-state index in [2.05, 4.69) is 20.1 Å². The molecule has 3 aromatic rings. The topological polar surface area (TPSA) is 78.9 Å². The van der Waals surface area contributed by atoms with E-state index in [1.165, 1.54) is 0 Å². The van der Waals surface area contributed by atoms with Crippen molar-refractivity contribution in [3.63, 3.8) is 0 Å². The number of hydrogen-bond donors (Lipinski definition) is 0. The lowest BCUT2D eigenvalue weighted by atomic mass is 10.1. The van der Waals surface area contributed by atoms with Gasteiger partial charge in [0.05, 0.1) is 18.5 Å². The average molecular weight is 271 g/mol. The summed E-state index contributed by atoms with van der Waals surface area (Å²) in [5, 5.41) is 4.04. The van der Waals surface area contributed by atoms with Crippen LogP contribution >= 0.6 is 0 Å². The van der Waals surface area contributed by atoms with Crippen molar-refractivity contribution in [1.82, 2.24) is 24.7 Å². The van der Waals surface area contributed by atoms with Crippen LogP contribution < -0.4 is 0 Å². The summed E-state index contributed by atoms with van der Waals surface area (Å²) in [6.45, 7) is 1.42. The van der Waals surface area contributed by atoms with E-state index in [4.69, 9.17) is 9.26 Å². The summed E-state index contributed by atoms with van der Waals surface area (Å²) < 4.78 is 12.5. The molecule has 0 spiro atoms. The Labute approximate surface area is 114 Å². The fourth-order valence-electron chi connectivity index (χ4n) is 2.39. The van der Waals surface area contributed by atoms with Crippen molar-refractivity contribution in [2.24, 2.45) is 7.05 Å². The molecule has 7 nitrogen and oxygen atoms in total. The standard InChI is InChI=1S/C13H13N5O2/c1-18-7-15-10-4-9(5-14-12(10)18)13-16-11(17-20-13)8-2-3-19-6-8/h4-5,7-8H,2-3,6H2,1H3. The van der Waals surface area contributed by atoms with E-state index in [-0.39, 0.29) is 5.92 Å². The number of aromatic nitrogens is 5. The maximum absolute atomic E-state index is 5.34. The molecule has 0 radical (unpaired) electrons. The van der Waals surface area contributed by atoms with Gasteiger partial charge in [0, 0.05) is 25.8 Å². The van der Waals surface area contributed by atoms with Crippen molar-refractivity contribution in [3.05, 3.63) is 24.4 Å². The highest BCUT2D eigenvalue weighted by atomic mass is 16.5. The van der Waals surface area contributed by atoms with Crippen molar-refractivity contribution >= 4 is 11.2 Å². The van der Waals surface area contributed by atoms with Gasteiger partial charge in [0.15, 0.2) is 11.5 Å². The molecule has 20 heavy (non-hydrogen) atoms. The SMILES string of the molecule is Cn1cnc2cc(-c3nc(C4CCOC4)no3)cnc21. The number of hydrogen-bond acceptors (Lipinski definition) is 6. The van der Waals surface area contributed by atoms with Crippen LogP contribution in [-0.2, 0) is 11.8 Å². The summed E-state index contributed by atoms with van der Waals surface area (Å²) >= 11 is 0. The quantitative estimate of drug-likeness (QED) is 0.703. The summed E-state index contributed by atoms with van der Waals surface area (Å²) in [7, 11) is 1.91. The van der Waals surface area contributed by atoms with Gasteiger partial charge in [-0.15, -0.1) is 0 Å². The van der Waals surface area contributed by atoms with E-state index in [0.717, 1.165) is 29.8 Å². The summed E-state index contributed by atoms with van der Waals surface area (Å²) in [4.78, 5) is 13.1. The third-order valence-electron chi connectivity index (χ3n) is 3.53. The molecule has 1 saturated heterocycles. The second kappa shape index (κ2) is 4.38. The highest BCUT2D eigenvalue weighted by Gasteiger charge is 2.23. The fraction of sp³-hybridized carbons (Fsp3) is 0.385. The number of imidazole rings is 1. The molecule has 1 unspecified atom stereocenters. The lowest BCUT2D eigenvalue weighted by Crippen LogP contribution is -1.99. The van der Waals surface area contributed by atoms with Crippen LogP contribution in [0.15, 0.2) is 23.1 Å². The lowest BCUT2D eigenvalue weighted by Gasteiger charge is -1.98. The van der Waals surface area contributed by atoms with Crippen LogP contribution in [0, 0.1) is 0 Å². The zero-order valence-corrected chi connectivity index (χ0v) is 11.0. The summed E-state index contributed by atoms with van der Waals surface area (Å²) in [6.07, 6.45) is 4.40. The van der Waals surface area contributed by atoms with Crippen LogP contribution in [-0.4, -0.2) is 37.9 Å². The largest absolute Gasteiger partial charge is 0.381 e. The number of fused-ring (bicyclic) bond motifs is 1. The molecular formula is C13H13N5O2. The van der Waals surface area contributed by atoms with Gasteiger partial charge in [0.25, 0.3) is 5.89 Å². The van der Waals surface area contributed by atoms with Crippen molar-refractivity contribution in [3.8, 4) is 11.5 Å². The van der Waals surface area contributed by atoms with Crippen LogP contribution in [0.3, 0.4) is 0 Å². The van der Waals surface area contributed by atoms with Gasteiger partial charge in [0.1, 0.15) is 5.52 Å². The van der Waals surface area contributed by atoms with Crippen molar-refractivity contribution < 1.29 is 9.26 Å². The minimum Gasteiger partial charge on any atom is -0.381 e. The first-order chi connectivity index (χ1) is 9.81. The number of ether oxygens (including phenoxy) is 1. The van der Waals surface area contributed by atoms with E-state index in [9.17, 15) is 0 Å². The van der Waals surface area contributed by atoms with Crippen LogP contribution in [0.25, 0.3) is 22.6 Å². The van der Waals surface area contributed by atoms with Gasteiger partial charge >= 0.3 is 0 Å². The Morgan fingerprint density at radius 2 is 2.30 bits per heavy atom. The van der Waals surface area contributed by atoms with Crippen LogP contribution in [0.4, 0.5) is 0 Å². The minimum absolute atomic E-state index is 0.235. The van der Waals surface area contributed by atoms with E-state index >= 15 is 0 Å². The van der Waals surface area contributed by atoms with Gasteiger partial charge in [-0.1, -0.05) is 5.16 Å². The summed E-state index contributed by atoms with van der Waals surface area (Å²) in [5.74, 6) is 1.42. The Morgan fingerprint density at radius 3 is 3.15 bits per heavy atom. The van der Waals surface area contributed by atoms with Crippen molar-refractivity contribution in [1.29, 1.82) is 0 Å². The number of pyridine rings is 1. The highest BCUT2D eigenvalue weighted by Crippen LogP contribution is 2.26. The molecule has 0 bridgehead atoms. The van der Waals surface area contributed by atoms with E-state index in [1.54, 1.807) is 12.5 Å². The molecule has 0 amide bonds. The molecule has 1 aliphatic rings. The van der Waals surface area contributed by atoms with Gasteiger partial charge in [0.2, 0.25) is 0 Å². The first kappa shape index (κ1) is 11.5. The zero-order valence-electron chi connectivity index (χ0n) is 11.0. The first-order valence-corrected chi connectivity index (χ1v) is 6.50. The maximum Gasteiger partial charge on any atom is 0.259 e. The number of rotatable bonds is 2. The second-order valence-electron chi connectivity index (χ2n) is 4.94. The fourth-order valence-corrected chi connectivity index (χ4v) is 2.39. The molecule has 0 N–H and O–H groups in total. The predicted octanol–water partition coefficient (Wildman–Crippen LogP) is 1.52. The Kier molecular flexibility index (Phi) is 2.53. The molecule has 0 aliphatic carbocycles. The first-order valence-electron chi connectivity index (χ1n) is 6.50. The lowest BCUT2D eigenvalue weighted by molar-refractivity contribution is 0.192. The molecule has 4 heterocycles. The molecule has 1 atom stereocenters. The third-order valence-corrected chi connectivity index (χ3v) is 3.53. The van der Waals surface area contributed by atoms with Crippen LogP contribution in [0.2, 0.25) is 0 Å². The Hall–Kier alpha value is -2.28. The van der Waals surface area contributed by atoms with E-state index < -0.39 is 0 Å². The van der Waals surface area contributed by atoms with E-state index in [0.29, 0.717) is 18.3 Å².